The van der Waals surface area contributed by atoms with E-state index in [0.29, 0.717) is 5.56 Å². The van der Waals surface area contributed by atoms with Gasteiger partial charge >= 0.3 is 0 Å². The second-order valence-corrected chi connectivity index (χ2v) is 5.17. The molecule has 0 aliphatic rings. The molecular formula is C15H13BrFNO. The van der Waals surface area contributed by atoms with E-state index < -0.39 is 5.82 Å². The molecular weight excluding hydrogens is 309 g/mol. The zero-order valence-corrected chi connectivity index (χ0v) is 11.9. The van der Waals surface area contributed by atoms with E-state index in [9.17, 15) is 9.18 Å². The third kappa shape index (κ3) is 3.64. The van der Waals surface area contributed by atoms with Crippen LogP contribution in [0, 0.1) is 5.82 Å². The second-order valence-electron chi connectivity index (χ2n) is 4.26. The molecule has 0 fully saturated rings. The van der Waals surface area contributed by atoms with Crippen LogP contribution in [0.2, 0.25) is 0 Å². The fourth-order valence-electron chi connectivity index (χ4n) is 1.74. The van der Waals surface area contributed by atoms with Crippen LogP contribution in [0.15, 0.2) is 53.0 Å². The van der Waals surface area contributed by atoms with Crippen molar-refractivity contribution in [1.29, 1.82) is 0 Å². The fourth-order valence-corrected chi connectivity index (χ4v) is 2.01. The SMILES string of the molecule is C[C@H](NC(=O)c1cccc(F)c1)c1ccc(Br)cc1. The standard InChI is InChI=1S/C15H13BrFNO/c1-10(11-5-7-13(16)8-6-11)18-15(19)12-3-2-4-14(17)9-12/h2-10H,1H3,(H,18,19)/t10-/m0/s1. The summed E-state index contributed by atoms with van der Waals surface area (Å²) < 4.78 is 14.0. The van der Waals surface area contributed by atoms with Crippen molar-refractivity contribution in [2.45, 2.75) is 13.0 Å². The molecule has 1 N–H and O–H groups in total. The molecule has 0 aliphatic carbocycles. The van der Waals surface area contributed by atoms with Crippen LogP contribution in [0.25, 0.3) is 0 Å². The van der Waals surface area contributed by atoms with Crippen molar-refractivity contribution >= 4 is 21.8 Å². The molecule has 2 rings (SSSR count). The summed E-state index contributed by atoms with van der Waals surface area (Å²) in [5, 5.41) is 2.84. The van der Waals surface area contributed by atoms with E-state index >= 15 is 0 Å². The van der Waals surface area contributed by atoms with Gasteiger partial charge in [0.2, 0.25) is 0 Å². The first-order valence-electron chi connectivity index (χ1n) is 5.88. The van der Waals surface area contributed by atoms with Crippen LogP contribution >= 0.6 is 15.9 Å². The molecule has 1 amide bonds. The molecule has 0 heterocycles. The quantitative estimate of drug-likeness (QED) is 0.906. The molecule has 0 spiro atoms. The second kappa shape index (κ2) is 5.97. The van der Waals surface area contributed by atoms with Crippen molar-refractivity contribution in [3.63, 3.8) is 0 Å². The predicted octanol–water partition coefficient (Wildman–Crippen LogP) is 4.08. The zero-order chi connectivity index (χ0) is 13.8. The van der Waals surface area contributed by atoms with Gasteiger partial charge < -0.3 is 5.32 Å². The van der Waals surface area contributed by atoms with Crippen molar-refractivity contribution in [2.24, 2.45) is 0 Å². The number of hydrogen-bond donors (Lipinski definition) is 1. The Bertz CT molecular complexity index is 583. The van der Waals surface area contributed by atoms with Crippen LogP contribution in [-0.4, -0.2) is 5.91 Å². The van der Waals surface area contributed by atoms with Crippen molar-refractivity contribution in [2.75, 3.05) is 0 Å². The fraction of sp³-hybridized carbons (Fsp3) is 0.133. The normalized spacial score (nSPS) is 11.9. The van der Waals surface area contributed by atoms with Gasteiger partial charge in [0.05, 0.1) is 6.04 Å². The zero-order valence-electron chi connectivity index (χ0n) is 10.4. The van der Waals surface area contributed by atoms with Crippen molar-refractivity contribution < 1.29 is 9.18 Å². The highest BCUT2D eigenvalue weighted by molar-refractivity contribution is 9.10. The van der Waals surface area contributed by atoms with Crippen LogP contribution < -0.4 is 5.32 Å². The Morgan fingerprint density at radius 2 is 1.89 bits per heavy atom. The lowest BCUT2D eigenvalue weighted by atomic mass is 10.1. The number of rotatable bonds is 3. The number of carbonyl (C=O) groups is 1. The largest absolute Gasteiger partial charge is 0.346 e. The van der Waals surface area contributed by atoms with Crippen molar-refractivity contribution in [3.8, 4) is 0 Å². The number of benzene rings is 2. The molecule has 1 atom stereocenters. The highest BCUT2D eigenvalue weighted by Gasteiger charge is 2.11. The van der Waals surface area contributed by atoms with Gasteiger partial charge in [-0.25, -0.2) is 4.39 Å². The number of amides is 1. The van der Waals surface area contributed by atoms with E-state index in [1.54, 1.807) is 6.07 Å². The van der Waals surface area contributed by atoms with E-state index in [4.69, 9.17) is 0 Å². The minimum Gasteiger partial charge on any atom is -0.346 e. The van der Waals surface area contributed by atoms with Gasteiger partial charge in [-0.2, -0.15) is 0 Å². The Labute approximate surface area is 119 Å². The molecule has 98 valence electrons. The van der Waals surface area contributed by atoms with E-state index in [-0.39, 0.29) is 11.9 Å². The van der Waals surface area contributed by atoms with Crippen LogP contribution in [0.5, 0.6) is 0 Å². The van der Waals surface area contributed by atoms with Gasteiger partial charge in [-0.15, -0.1) is 0 Å². The Kier molecular flexibility index (Phi) is 4.32. The molecule has 4 heteroatoms. The minimum atomic E-state index is -0.413. The van der Waals surface area contributed by atoms with Gasteiger partial charge in [0.25, 0.3) is 5.91 Å². The molecule has 0 unspecified atom stereocenters. The van der Waals surface area contributed by atoms with Crippen LogP contribution in [-0.2, 0) is 0 Å². The van der Waals surface area contributed by atoms with Crippen LogP contribution in [0.1, 0.15) is 28.9 Å². The van der Waals surface area contributed by atoms with Crippen molar-refractivity contribution in [3.05, 3.63) is 69.9 Å². The lowest BCUT2D eigenvalue weighted by molar-refractivity contribution is 0.0939. The molecule has 0 bridgehead atoms. The van der Waals surface area contributed by atoms with Gasteiger partial charge in [-0.3, -0.25) is 4.79 Å². The smallest absolute Gasteiger partial charge is 0.251 e. The summed E-state index contributed by atoms with van der Waals surface area (Å²) in [7, 11) is 0. The van der Waals surface area contributed by atoms with E-state index in [1.807, 2.05) is 31.2 Å². The van der Waals surface area contributed by atoms with Crippen molar-refractivity contribution in [1.82, 2.24) is 5.32 Å². The Morgan fingerprint density at radius 1 is 1.21 bits per heavy atom. The highest BCUT2D eigenvalue weighted by Crippen LogP contribution is 2.17. The first-order chi connectivity index (χ1) is 9.06. The maximum absolute atomic E-state index is 13.0. The van der Waals surface area contributed by atoms with Gasteiger partial charge in [-0.05, 0) is 42.8 Å². The molecule has 0 saturated carbocycles. The molecule has 2 aromatic rings. The average molecular weight is 322 g/mol. The third-order valence-corrected chi connectivity index (χ3v) is 3.33. The van der Waals surface area contributed by atoms with E-state index in [0.717, 1.165) is 10.0 Å². The Morgan fingerprint density at radius 3 is 2.53 bits per heavy atom. The maximum atomic E-state index is 13.0. The monoisotopic (exact) mass is 321 g/mol. The molecule has 19 heavy (non-hydrogen) atoms. The topological polar surface area (TPSA) is 29.1 Å². The number of hydrogen-bond acceptors (Lipinski definition) is 1. The Balaban J connectivity index is 2.08. The summed E-state index contributed by atoms with van der Waals surface area (Å²) in [4.78, 5) is 12.0. The summed E-state index contributed by atoms with van der Waals surface area (Å²) in [6, 6.07) is 13.2. The first kappa shape index (κ1) is 13.7. The third-order valence-electron chi connectivity index (χ3n) is 2.80. The molecule has 0 aliphatic heterocycles. The molecule has 0 saturated heterocycles. The lowest BCUT2D eigenvalue weighted by Crippen LogP contribution is -2.26. The summed E-state index contributed by atoms with van der Waals surface area (Å²) in [6.45, 7) is 1.89. The van der Waals surface area contributed by atoms with Crippen LogP contribution in [0.4, 0.5) is 4.39 Å². The van der Waals surface area contributed by atoms with Gasteiger partial charge in [0.15, 0.2) is 0 Å². The summed E-state index contributed by atoms with van der Waals surface area (Å²) in [5.74, 6) is -0.695. The number of halogens is 2. The highest BCUT2D eigenvalue weighted by atomic mass is 79.9. The number of carbonyl (C=O) groups excluding carboxylic acids is 1. The molecule has 0 radical (unpaired) electrons. The minimum absolute atomic E-state index is 0.135. The summed E-state index contributed by atoms with van der Waals surface area (Å²) >= 11 is 3.36. The summed E-state index contributed by atoms with van der Waals surface area (Å²) in [6.07, 6.45) is 0. The molecule has 0 aromatic heterocycles. The maximum Gasteiger partial charge on any atom is 0.251 e. The first-order valence-corrected chi connectivity index (χ1v) is 6.67. The van der Waals surface area contributed by atoms with Gasteiger partial charge in [0, 0.05) is 10.0 Å². The molecule has 2 nitrogen and oxygen atoms in total. The average Bonchev–Trinajstić information content (AvgIpc) is 2.39. The Hall–Kier alpha value is -1.68. The van der Waals surface area contributed by atoms with E-state index in [1.165, 1.54) is 18.2 Å². The van der Waals surface area contributed by atoms with Gasteiger partial charge in [-0.1, -0.05) is 34.1 Å². The lowest BCUT2D eigenvalue weighted by Gasteiger charge is -2.14. The summed E-state index contributed by atoms with van der Waals surface area (Å²) in [5.41, 5.74) is 1.32. The van der Waals surface area contributed by atoms with Gasteiger partial charge in [0.1, 0.15) is 5.82 Å². The molecule has 2 aromatic carbocycles. The van der Waals surface area contributed by atoms with E-state index in [2.05, 4.69) is 21.2 Å². The van der Waals surface area contributed by atoms with Crippen LogP contribution in [0.3, 0.4) is 0 Å². The number of nitrogens with one attached hydrogen (secondary N) is 1. The predicted molar refractivity (Wildman–Crippen MR) is 76.4 cm³/mol.